The van der Waals surface area contributed by atoms with E-state index in [0.29, 0.717) is 9.90 Å². The minimum atomic E-state index is -3.26. The minimum absolute atomic E-state index is 0.0553. The molecule has 0 amide bonds. The number of hydrogen-bond acceptors (Lipinski definition) is 8. The van der Waals surface area contributed by atoms with Crippen LogP contribution in [0, 0.1) is 0 Å². The van der Waals surface area contributed by atoms with Crippen LogP contribution < -0.4 is 0 Å². The van der Waals surface area contributed by atoms with Crippen LogP contribution in [0.15, 0.2) is 16.5 Å². The fraction of sp³-hybridized carbons (Fsp3) is 0.706. The van der Waals surface area contributed by atoms with Gasteiger partial charge in [-0.25, -0.2) is 13.1 Å². The molecule has 0 bridgehead atoms. The standard InChI is InChI=1S/C17H25N5O3S2/c1-27(23,24)17-16(19-20-26-17)13-6-9-21(10-7-13)12-14-5-8-18-22(14)15-4-2-3-11-25-15/h5,8,13,15H,2-4,6-7,9-12H2,1H3/t15-/m0/s1. The molecule has 0 aliphatic carbocycles. The molecule has 0 saturated carbocycles. The number of sulfone groups is 1. The van der Waals surface area contributed by atoms with Crippen LogP contribution in [0.1, 0.15) is 55.6 Å². The number of nitrogens with zero attached hydrogens (tertiary/aromatic N) is 5. The van der Waals surface area contributed by atoms with Gasteiger partial charge in [-0.05, 0) is 51.3 Å². The first kappa shape index (κ1) is 19.0. The van der Waals surface area contributed by atoms with Gasteiger partial charge in [-0.1, -0.05) is 4.49 Å². The van der Waals surface area contributed by atoms with Gasteiger partial charge in [0.05, 0.1) is 11.4 Å². The van der Waals surface area contributed by atoms with E-state index in [1.165, 1.54) is 18.4 Å². The summed E-state index contributed by atoms with van der Waals surface area (Å²) in [7, 11) is -3.26. The first-order chi connectivity index (χ1) is 13.0. The van der Waals surface area contributed by atoms with Gasteiger partial charge in [-0.3, -0.25) is 4.90 Å². The third-order valence-electron chi connectivity index (χ3n) is 5.36. The monoisotopic (exact) mass is 411 g/mol. The molecule has 2 aromatic rings. The molecular weight excluding hydrogens is 386 g/mol. The van der Waals surface area contributed by atoms with Crippen molar-refractivity contribution >= 4 is 21.4 Å². The van der Waals surface area contributed by atoms with Crippen LogP contribution in [0.3, 0.4) is 0 Å². The van der Waals surface area contributed by atoms with Gasteiger partial charge >= 0.3 is 0 Å². The lowest BCUT2D eigenvalue weighted by Gasteiger charge is -2.32. The van der Waals surface area contributed by atoms with Gasteiger partial charge in [0.1, 0.15) is 0 Å². The molecule has 10 heteroatoms. The summed E-state index contributed by atoms with van der Waals surface area (Å²) in [6.45, 7) is 3.45. The molecule has 2 aliphatic rings. The highest BCUT2D eigenvalue weighted by atomic mass is 32.2. The third kappa shape index (κ3) is 4.23. The normalized spacial score (nSPS) is 22.9. The molecule has 4 heterocycles. The third-order valence-corrected chi connectivity index (χ3v) is 7.91. The van der Waals surface area contributed by atoms with E-state index >= 15 is 0 Å². The summed E-state index contributed by atoms with van der Waals surface area (Å²) in [4.78, 5) is 2.40. The van der Waals surface area contributed by atoms with E-state index in [9.17, 15) is 8.42 Å². The maximum atomic E-state index is 11.9. The highest BCUT2D eigenvalue weighted by Crippen LogP contribution is 2.33. The minimum Gasteiger partial charge on any atom is -0.357 e. The Hall–Kier alpha value is -1.36. The predicted molar refractivity (Wildman–Crippen MR) is 101 cm³/mol. The van der Waals surface area contributed by atoms with E-state index in [2.05, 4.69) is 25.7 Å². The fourth-order valence-corrected chi connectivity index (χ4v) is 5.66. The van der Waals surface area contributed by atoms with Crippen molar-refractivity contribution in [2.45, 2.75) is 55.0 Å². The van der Waals surface area contributed by atoms with Crippen molar-refractivity contribution in [2.75, 3.05) is 26.0 Å². The van der Waals surface area contributed by atoms with Gasteiger partial charge in [0.25, 0.3) is 0 Å². The number of ether oxygens (including phenoxy) is 1. The lowest BCUT2D eigenvalue weighted by Crippen LogP contribution is -2.34. The molecule has 4 rings (SSSR count). The van der Waals surface area contributed by atoms with E-state index in [1.807, 2.05) is 10.9 Å². The zero-order chi connectivity index (χ0) is 18.9. The summed E-state index contributed by atoms with van der Waals surface area (Å²) in [5, 5.41) is 8.60. The van der Waals surface area contributed by atoms with Gasteiger partial charge < -0.3 is 4.74 Å². The topological polar surface area (TPSA) is 90.2 Å². The van der Waals surface area contributed by atoms with Crippen LogP contribution >= 0.6 is 11.5 Å². The summed E-state index contributed by atoms with van der Waals surface area (Å²) in [6.07, 6.45) is 8.24. The highest BCUT2D eigenvalue weighted by molar-refractivity contribution is 7.92. The summed E-state index contributed by atoms with van der Waals surface area (Å²) in [6, 6.07) is 2.07. The lowest BCUT2D eigenvalue weighted by atomic mass is 9.94. The van der Waals surface area contributed by atoms with Gasteiger partial charge in [0.2, 0.25) is 0 Å². The predicted octanol–water partition coefficient (Wildman–Crippen LogP) is 2.22. The molecule has 8 nitrogen and oxygen atoms in total. The molecule has 2 fully saturated rings. The largest absolute Gasteiger partial charge is 0.357 e. The Kier molecular flexibility index (Phi) is 5.58. The molecule has 0 aromatic carbocycles. The average Bonchev–Trinajstić information content (AvgIpc) is 3.32. The zero-order valence-corrected chi connectivity index (χ0v) is 17.1. The Bertz CT molecular complexity index is 865. The van der Waals surface area contributed by atoms with Crippen LogP contribution in [0.5, 0.6) is 0 Å². The molecule has 1 atom stereocenters. The van der Waals surface area contributed by atoms with E-state index in [0.717, 1.165) is 63.5 Å². The summed E-state index contributed by atoms with van der Waals surface area (Å²) >= 11 is 0.984. The molecule has 2 aromatic heterocycles. The Morgan fingerprint density at radius 2 is 2.07 bits per heavy atom. The van der Waals surface area contributed by atoms with Crippen molar-refractivity contribution in [1.82, 2.24) is 24.3 Å². The maximum Gasteiger partial charge on any atom is 0.188 e. The van der Waals surface area contributed by atoms with Crippen molar-refractivity contribution in [3.05, 3.63) is 23.7 Å². The van der Waals surface area contributed by atoms with Crippen molar-refractivity contribution in [1.29, 1.82) is 0 Å². The summed E-state index contributed by atoms with van der Waals surface area (Å²) < 4.78 is 35.9. The summed E-state index contributed by atoms with van der Waals surface area (Å²) in [5.41, 5.74) is 1.83. The Labute approximate surface area is 163 Å². The van der Waals surface area contributed by atoms with Crippen molar-refractivity contribution in [3.8, 4) is 0 Å². The number of rotatable bonds is 5. The number of aromatic nitrogens is 4. The van der Waals surface area contributed by atoms with E-state index in [-0.39, 0.29) is 12.1 Å². The van der Waals surface area contributed by atoms with Crippen LogP contribution in [0.25, 0.3) is 0 Å². The second kappa shape index (κ2) is 7.94. The fourth-order valence-electron chi connectivity index (χ4n) is 3.93. The Balaban J connectivity index is 1.38. The molecule has 0 spiro atoms. The number of piperidine rings is 1. The maximum absolute atomic E-state index is 11.9. The van der Waals surface area contributed by atoms with E-state index in [4.69, 9.17) is 4.74 Å². The molecular formula is C17H25N5O3S2. The number of hydrogen-bond donors (Lipinski definition) is 0. The molecule has 0 N–H and O–H groups in total. The van der Waals surface area contributed by atoms with Crippen molar-refractivity contribution < 1.29 is 13.2 Å². The lowest BCUT2D eigenvalue weighted by molar-refractivity contribution is -0.0422. The smallest absolute Gasteiger partial charge is 0.188 e. The van der Waals surface area contributed by atoms with Gasteiger partial charge in [0.15, 0.2) is 20.3 Å². The highest BCUT2D eigenvalue weighted by Gasteiger charge is 2.29. The van der Waals surface area contributed by atoms with E-state index in [1.54, 1.807) is 0 Å². The molecule has 0 unspecified atom stereocenters. The first-order valence-corrected chi connectivity index (χ1v) is 12.1. The molecule has 2 saturated heterocycles. The van der Waals surface area contributed by atoms with Crippen molar-refractivity contribution in [3.63, 3.8) is 0 Å². The van der Waals surface area contributed by atoms with Gasteiger partial charge in [-0.2, -0.15) is 5.10 Å². The van der Waals surface area contributed by atoms with Crippen molar-refractivity contribution in [2.24, 2.45) is 0 Å². The average molecular weight is 412 g/mol. The Morgan fingerprint density at radius 3 is 2.78 bits per heavy atom. The second-order valence-electron chi connectivity index (χ2n) is 7.36. The van der Waals surface area contributed by atoms with Crippen LogP contribution in [-0.2, 0) is 21.1 Å². The quantitative estimate of drug-likeness (QED) is 0.745. The zero-order valence-electron chi connectivity index (χ0n) is 15.5. The SMILES string of the molecule is CS(=O)(=O)c1snnc1C1CCN(Cc2ccnn2[C@@H]2CCCCO2)CC1. The summed E-state index contributed by atoms with van der Waals surface area (Å²) in [5.74, 6) is 0.163. The molecule has 148 valence electrons. The van der Waals surface area contributed by atoms with Gasteiger partial charge in [0, 0.05) is 43.1 Å². The van der Waals surface area contributed by atoms with E-state index < -0.39 is 9.84 Å². The molecule has 27 heavy (non-hydrogen) atoms. The Morgan fingerprint density at radius 1 is 1.26 bits per heavy atom. The second-order valence-corrected chi connectivity index (χ2v) is 10.3. The van der Waals surface area contributed by atoms with Crippen LogP contribution in [-0.4, -0.2) is 58.6 Å². The van der Waals surface area contributed by atoms with Gasteiger partial charge in [-0.15, -0.1) is 5.10 Å². The number of likely N-dealkylation sites (tertiary alicyclic amines) is 1. The first-order valence-electron chi connectivity index (χ1n) is 9.41. The van der Waals surface area contributed by atoms with Crippen LogP contribution in [0.4, 0.5) is 0 Å². The molecule has 2 aliphatic heterocycles. The molecule has 0 radical (unpaired) electrons. The van der Waals surface area contributed by atoms with Crippen LogP contribution in [0.2, 0.25) is 0 Å².